The third-order valence-corrected chi connectivity index (χ3v) is 3.39. The van der Waals surface area contributed by atoms with Crippen LogP contribution in [0, 0.1) is 0 Å². The molecule has 9 heteroatoms. The fraction of sp³-hybridized carbons (Fsp3) is 0.583. The molecule has 2 heterocycles. The number of anilines is 1. The van der Waals surface area contributed by atoms with Crippen LogP contribution in [0.5, 0.6) is 0 Å². The third kappa shape index (κ3) is 3.17. The van der Waals surface area contributed by atoms with Crippen LogP contribution < -0.4 is 4.90 Å². The molecule has 0 saturated carbocycles. The summed E-state index contributed by atoms with van der Waals surface area (Å²) < 4.78 is 37.5. The van der Waals surface area contributed by atoms with Crippen molar-refractivity contribution in [2.24, 2.45) is 0 Å². The first-order valence-corrected chi connectivity index (χ1v) is 6.35. The topological polar surface area (TPSA) is 69.6 Å². The molecule has 1 aromatic heterocycles. The molecule has 1 aromatic rings. The lowest BCUT2D eigenvalue weighted by Crippen LogP contribution is -2.58. The van der Waals surface area contributed by atoms with Crippen LogP contribution in [0.15, 0.2) is 12.4 Å². The van der Waals surface area contributed by atoms with Gasteiger partial charge in [-0.15, -0.1) is 0 Å². The molecule has 116 valence electrons. The zero-order chi connectivity index (χ0) is 15.8. The molecule has 1 amide bonds. The predicted molar refractivity (Wildman–Crippen MR) is 68.0 cm³/mol. The van der Waals surface area contributed by atoms with Crippen molar-refractivity contribution in [2.45, 2.75) is 32.1 Å². The Morgan fingerprint density at radius 3 is 2.10 bits per heavy atom. The Labute approximate surface area is 119 Å². The predicted octanol–water partition coefficient (Wildman–Crippen LogP) is 2.07. The number of carboxylic acid groups (broad SMARTS) is 1. The summed E-state index contributed by atoms with van der Waals surface area (Å²) in [5.41, 5.74) is -0.907. The highest BCUT2D eigenvalue weighted by Gasteiger charge is 2.35. The van der Waals surface area contributed by atoms with E-state index in [1.54, 1.807) is 18.7 Å². The van der Waals surface area contributed by atoms with Gasteiger partial charge in [0.2, 0.25) is 5.95 Å². The average molecular weight is 304 g/mol. The molecule has 1 saturated heterocycles. The second-order valence-corrected chi connectivity index (χ2v) is 5.06. The maximum Gasteiger partial charge on any atom is 0.419 e. The summed E-state index contributed by atoms with van der Waals surface area (Å²) in [7, 11) is 0. The first kappa shape index (κ1) is 15.3. The molecule has 2 rings (SSSR count). The van der Waals surface area contributed by atoms with Crippen molar-refractivity contribution < 1.29 is 23.1 Å². The molecule has 1 N–H and O–H groups in total. The molecule has 0 radical (unpaired) electrons. The van der Waals surface area contributed by atoms with E-state index >= 15 is 0 Å². The van der Waals surface area contributed by atoms with Crippen LogP contribution in [0.1, 0.15) is 19.4 Å². The average Bonchev–Trinajstić information content (AvgIpc) is 2.37. The van der Waals surface area contributed by atoms with Gasteiger partial charge in [0.15, 0.2) is 0 Å². The van der Waals surface area contributed by atoms with Crippen molar-refractivity contribution in [1.29, 1.82) is 0 Å². The number of carbonyl (C=O) groups is 1. The van der Waals surface area contributed by atoms with Crippen molar-refractivity contribution in [2.75, 3.05) is 18.0 Å². The van der Waals surface area contributed by atoms with Crippen LogP contribution in [0.25, 0.3) is 0 Å². The summed E-state index contributed by atoms with van der Waals surface area (Å²) in [4.78, 5) is 21.5. The van der Waals surface area contributed by atoms with Gasteiger partial charge in [-0.1, -0.05) is 0 Å². The van der Waals surface area contributed by atoms with Gasteiger partial charge in [0, 0.05) is 37.6 Å². The van der Waals surface area contributed by atoms with Gasteiger partial charge < -0.3 is 14.9 Å². The normalized spacial score (nSPS) is 23.3. The molecule has 0 aliphatic carbocycles. The lowest BCUT2D eigenvalue weighted by atomic mass is 10.1. The minimum Gasteiger partial charge on any atom is -0.465 e. The van der Waals surface area contributed by atoms with E-state index in [0.29, 0.717) is 0 Å². The third-order valence-electron chi connectivity index (χ3n) is 3.39. The Kier molecular flexibility index (Phi) is 3.93. The van der Waals surface area contributed by atoms with Gasteiger partial charge >= 0.3 is 12.3 Å². The summed E-state index contributed by atoms with van der Waals surface area (Å²) in [5, 5.41) is 9.01. The standard InChI is InChI=1S/C12H15F3N4O2/c1-7-5-18(11(20)21)6-8(2)19(7)10-16-3-9(4-17-10)12(13,14)15/h3-4,7-8H,5-6H2,1-2H3,(H,20,21)/t7-,8+. The molecule has 0 aromatic carbocycles. The molecule has 0 spiro atoms. The number of rotatable bonds is 1. The summed E-state index contributed by atoms with van der Waals surface area (Å²) in [5.74, 6) is 0.174. The van der Waals surface area contributed by atoms with E-state index in [1.807, 2.05) is 0 Å². The number of hydrogen-bond donors (Lipinski definition) is 1. The molecule has 0 bridgehead atoms. The molecule has 1 aliphatic rings. The Bertz CT molecular complexity index is 508. The number of nitrogens with zero attached hydrogens (tertiary/aromatic N) is 4. The van der Waals surface area contributed by atoms with Crippen LogP contribution in [0.4, 0.5) is 23.9 Å². The van der Waals surface area contributed by atoms with Crippen LogP contribution in [-0.4, -0.2) is 51.2 Å². The zero-order valence-corrected chi connectivity index (χ0v) is 11.5. The van der Waals surface area contributed by atoms with Gasteiger partial charge in [-0.25, -0.2) is 14.8 Å². The fourth-order valence-corrected chi connectivity index (χ4v) is 2.47. The van der Waals surface area contributed by atoms with Crippen molar-refractivity contribution >= 4 is 12.0 Å². The first-order chi connectivity index (χ1) is 9.70. The summed E-state index contributed by atoms with van der Waals surface area (Å²) in [6.45, 7) is 4.08. The Balaban J connectivity index is 2.20. The molecule has 1 fully saturated rings. The minimum atomic E-state index is -4.47. The quantitative estimate of drug-likeness (QED) is 0.860. The summed E-state index contributed by atoms with van der Waals surface area (Å²) >= 11 is 0. The smallest absolute Gasteiger partial charge is 0.419 e. The molecular weight excluding hydrogens is 289 g/mol. The van der Waals surface area contributed by atoms with E-state index < -0.39 is 17.8 Å². The number of halogens is 3. The molecule has 1 aliphatic heterocycles. The fourth-order valence-electron chi connectivity index (χ4n) is 2.47. The van der Waals surface area contributed by atoms with E-state index in [4.69, 9.17) is 5.11 Å². The molecule has 21 heavy (non-hydrogen) atoms. The van der Waals surface area contributed by atoms with Crippen molar-refractivity contribution in [3.8, 4) is 0 Å². The number of hydrogen-bond acceptors (Lipinski definition) is 4. The molecular formula is C12H15F3N4O2. The number of piperazine rings is 1. The summed E-state index contributed by atoms with van der Waals surface area (Å²) in [6.07, 6.45) is -4.00. The minimum absolute atomic E-state index is 0.174. The van der Waals surface area contributed by atoms with E-state index in [-0.39, 0.29) is 31.1 Å². The number of amides is 1. The highest BCUT2D eigenvalue weighted by Crippen LogP contribution is 2.29. The second kappa shape index (κ2) is 5.38. The van der Waals surface area contributed by atoms with Gasteiger partial charge in [-0.3, -0.25) is 0 Å². The van der Waals surface area contributed by atoms with E-state index in [1.165, 1.54) is 4.90 Å². The monoisotopic (exact) mass is 304 g/mol. The largest absolute Gasteiger partial charge is 0.465 e. The van der Waals surface area contributed by atoms with E-state index in [2.05, 4.69) is 9.97 Å². The van der Waals surface area contributed by atoms with Crippen LogP contribution in [0.3, 0.4) is 0 Å². The highest BCUT2D eigenvalue weighted by molar-refractivity contribution is 5.65. The van der Waals surface area contributed by atoms with Crippen LogP contribution >= 0.6 is 0 Å². The van der Waals surface area contributed by atoms with Gasteiger partial charge in [-0.05, 0) is 13.8 Å². The van der Waals surface area contributed by atoms with E-state index in [9.17, 15) is 18.0 Å². The number of alkyl halides is 3. The first-order valence-electron chi connectivity index (χ1n) is 6.35. The van der Waals surface area contributed by atoms with Gasteiger partial charge in [0.25, 0.3) is 0 Å². The SMILES string of the molecule is C[C@@H]1CN(C(=O)O)C[C@H](C)N1c1ncc(C(F)(F)F)cn1. The Morgan fingerprint density at radius 2 is 1.71 bits per heavy atom. The molecule has 6 nitrogen and oxygen atoms in total. The maximum absolute atomic E-state index is 12.5. The van der Waals surface area contributed by atoms with Crippen molar-refractivity contribution in [3.05, 3.63) is 18.0 Å². The van der Waals surface area contributed by atoms with Crippen LogP contribution in [0.2, 0.25) is 0 Å². The molecule has 0 unspecified atom stereocenters. The van der Waals surface area contributed by atoms with Gasteiger partial charge in [0.1, 0.15) is 0 Å². The maximum atomic E-state index is 12.5. The van der Waals surface area contributed by atoms with Crippen LogP contribution in [-0.2, 0) is 6.18 Å². The highest BCUT2D eigenvalue weighted by atomic mass is 19.4. The lowest BCUT2D eigenvalue weighted by molar-refractivity contribution is -0.138. The number of aromatic nitrogens is 2. The van der Waals surface area contributed by atoms with Crippen molar-refractivity contribution in [3.63, 3.8) is 0 Å². The van der Waals surface area contributed by atoms with Gasteiger partial charge in [0.05, 0.1) is 5.56 Å². The Hall–Kier alpha value is -2.06. The lowest BCUT2D eigenvalue weighted by Gasteiger charge is -2.43. The Morgan fingerprint density at radius 1 is 1.24 bits per heavy atom. The van der Waals surface area contributed by atoms with Gasteiger partial charge in [-0.2, -0.15) is 13.2 Å². The van der Waals surface area contributed by atoms with E-state index in [0.717, 1.165) is 12.4 Å². The molecule has 2 atom stereocenters. The second-order valence-electron chi connectivity index (χ2n) is 5.06. The zero-order valence-electron chi connectivity index (χ0n) is 11.5. The van der Waals surface area contributed by atoms with Crippen molar-refractivity contribution in [1.82, 2.24) is 14.9 Å². The summed E-state index contributed by atoms with van der Waals surface area (Å²) in [6, 6.07) is -0.442.